The monoisotopic (exact) mass is 277 g/mol. The van der Waals surface area contributed by atoms with Crippen LogP contribution in [0.25, 0.3) is 10.3 Å². The highest BCUT2D eigenvalue weighted by molar-refractivity contribution is 7.18. The summed E-state index contributed by atoms with van der Waals surface area (Å²) in [4.78, 5) is 13.7. The molecule has 0 atom stereocenters. The van der Waals surface area contributed by atoms with E-state index in [1.807, 2.05) is 0 Å². The summed E-state index contributed by atoms with van der Waals surface area (Å²) in [5.41, 5.74) is 1.03. The van der Waals surface area contributed by atoms with Crippen LogP contribution in [-0.2, 0) is 0 Å². The zero-order valence-electron chi connectivity index (χ0n) is 11.6. The highest BCUT2D eigenvalue weighted by Crippen LogP contribution is 2.44. The molecule has 0 spiro atoms. The number of rotatable bonds is 1. The van der Waals surface area contributed by atoms with E-state index in [-0.39, 0.29) is 5.88 Å². The molecule has 1 aliphatic rings. The van der Waals surface area contributed by atoms with Crippen LogP contribution in [-0.4, -0.2) is 20.1 Å². The molecule has 0 aromatic carbocycles. The molecule has 0 unspecified atom stereocenters. The Hall–Kier alpha value is -1.23. The van der Waals surface area contributed by atoms with E-state index < -0.39 is 0 Å². The third-order valence-electron chi connectivity index (χ3n) is 4.06. The summed E-state index contributed by atoms with van der Waals surface area (Å²) in [5.74, 6) is 1.14. The molecular formula is C14H19N3OS. The van der Waals surface area contributed by atoms with Crippen LogP contribution in [0.3, 0.4) is 0 Å². The van der Waals surface area contributed by atoms with Crippen molar-refractivity contribution < 1.29 is 5.11 Å². The van der Waals surface area contributed by atoms with Crippen molar-refractivity contribution in [2.75, 3.05) is 0 Å². The van der Waals surface area contributed by atoms with E-state index in [1.165, 1.54) is 25.7 Å². The lowest BCUT2D eigenvalue weighted by Crippen LogP contribution is -2.20. The van der Waals surface area contributed by atoms with Gasteiger partial charge in [0.15, 0.2) is 10.3 Å². The summed E-state index contributed by atoms with van der Waals surface area (Å²) >= 11 is 1.61. The van der Waals surface area contributed by atoms with Gasteiger partial charge in [-0.2, -0.15) is 4.98 Å². The molecule has 4 nitrogen and oxygen atoms in total. The molecule has 2 aromatic rings. The molecule has 1 N–H and O–H groups in total. The molecule has 0 saturated heterocycles. The number of aromatic nitrogens is 3. The maximum Gasteiger partial charge on any atom is 0.242 e. The van der Waals surface area contributed by atoms with Crippen molar-refractivity contribution >= 4 is 21.7 Å². The first kappa shape index (κ1) is 12.8. The molecule has 0 amide bonds. The Morgan fingerprint density at radius 1 is 1.16 bits per heavy atom. The number of hydrogen-bond acceptors (Lipinski definition) is 5. The van der Waals surface area contributed by atoms with E-state index in [0.717, 1.165) is 9.84 Å². The average molecular weight is 277 g/mol. The quantitative estimate of drug-likeness (QED) is 0.861. The average Bonchev–Trinajstić information content (AvgIpc) is 2.72. The van der Waals surface area contributed by atoms with Crippen molar-refractivity contribution in [3.05, 3.63) is 10.8 Å². The smallest absolute Gasteiger partial charge is 0.242 e. The van der Waals surface area contributed by atoms with Crippen LogP contribution < -0.4 is 0 Å². The second kappa shape index (κ2) is 4.40. The van der Waals surface area contributed by atoms with E-state index in [9.17, 15) is 5.11 Å². The van der Waals surface area contributed by atoms with Crippen molar-refractivity contribution in [2.24, 2.45) is 5.41 Å². The lowest BCUT2D eigenvalue weighted by Gasteiger charge is -2.33. The van der Waals surface area contributed by atoms with E-state index in [2.05, 4.69) is 28.8 Å². The van der Waals surface area contributed by atoms with Gasteiger partial charge in [0.25, 0.3) is 0 Å². The molecule has 0 aliphatic heterocycles. The van der Waals surface area contributed by atoms with Gasteiger partial charge in [-0.25, -0.2) is 9.97 Å². The lowest BCUT2D eigenvalue weighted by molar-refractivity contribution is 0.224. The van der Waals surface area contributed by atoms with Gasteiger partial charge in [0.2, 0.25) is 5.88 Å². The summed E-state index contributed by atoms with van der Waals surface area (Å²) in [6, 6.07) is 0. The number of aromatic hydroxyl groups is 1. The Labute approximate surface area is 116 Å². The number of aryl methyl sites for hydroxylation is 1. The van der Waals surface area contributed by atoms with Gasteiger partial charge in [0.1, 0.15) is 5.82 Å². The fraction of sp³-hybridized carbons (Fsp3) is 0.643. The molecule has 1 fully saturated rings. The molecule has 3 rings (SSSR count). The van der Waals surface area contributed by atoms with Crippen LogP contribution in [0, 0.1) is 12.3 Å². The van der Waals surface area contributed by atoms with Gasteiger partial charge in [-0.3, -0.25) is 0 Å². The standard InChI is InChI=1S/C14H19N3OS/c1-8-15-11(18)10-13(16-8)19-12(17-10)9-4-6-14(2,3)7-5-9/h9H,4-7H2,1-3H3,(H,15,16,18). The Morgan fingerprint density at radius 2 is 1.84 bits per heavy atom. The summed E-state index contributed by atoms with van der Waals surface area (Å²) < 4.78 is 0. The number of hydrogen-bond donors (Lipinski definition) is 1. The fourth-order valence-corrected chi connectivity index (χ4v) is 3.90. The number of nitrogens with zero attached hydrogens (tertiary/aromatic N) is 3. The first-order valence-corrected chi connectivity index (χ1v) is 7.60. The Morgan fingerprint density at radius 3 is 2.53 bits per heavy atom. The second-order valence-corrected chi connectivity index (χ2v) is 7.25. The zero-order chi connectivity index (χ0) is 13.6. The molecule has 2 heterocycles. The lowest BCUT2D eigenvalue weighted by atomic mass is 9.73. The Balaban J connectivity index is 1.92. The fourth-order valence-electron chi connectivity index (χ4n) is 2.75. The third kappa shape index (κ3) is 2.43. The van der Waals surface area contributed by atoms with Crippen LogP contribution >= 0.6 is 11.3 Å². The van der Waals surface area contributed by atoms with Gasteiger partial charge in [-0.05, 0) is 38.0 Å². The molecule has 19 heavy (non-hydrogen) atoms. The van der Waals surface area contributed by atoms with Gasteiger partial charge in [0, 0.05) is 5.92 Å². The first-order valence-electron chi connectivity index (χ1n) is 6.79. The molecule has 5 heteroatoms. The summed E-state index contributed by atoms with van der Waals surface area (Å²) in [6.45, 7) is 6.46. The van der Waals surface area contributed by atoms with Crippen molar-refractivity contribution in [1.82, 2.24) is 15.0 Å². The van der Waals surface area contributed by atoms with Gasteiger partial charge < -0.3 is 5.11 Å². The van der Waals surface area contributed by atoms with Gasteiger partial charge in [0.05, 0.1) is 5.01 Å². The highest BCUT2D eigenvalue weighted by Gasteiger charge is 2.29. The summed E-state index contributed by atoms with van der Waals surface area (Å²) in [5, 5.41) is 11.0. The predicted molar refractivity (Wildman–Crippen MR) is 76.6 cm³/mol. The maximum atomic E-state index is 9.84. The second-order valence-electron chi connectivity index (χ2n) is 6.24. The largest absolute Gasteiger partial charge is 0.492 e. The van der Waals surface area contributed by atoms with E-state index >= 15 is 0 Å². The minimum Gasteiger partial charge on any atom is -0.492 e. The van der Waals surface area contributed by atoms with E-state index in [0.29, 0.717) is 22.7 Å². The van der Waals surface area contributed by atoms with Crippen LogP contribution in [0.15, 0.2) is 0 Å². The highest BCUT2D eigenvalue weighted by atomic mass is 32.1. The Kier molecular flexibility index (Phi) is 2.96. The van der Waals surface area contributed by atoms with Crippen molar-refractivity contribution in [3.63, 3.8) is 0 Å². The van der Waals surface area contributed by atoms with Crippen LogP contribution in [0.1, 0.15) is 56.3 Å². The topological polar surface area (TPSA) is 58.9 Å². The van der Waals surface area contributed by atoms with Crippen molar-refractivity contribution in [1.29, 1.82) is 0 Å². The molecule has 2 aromatic heterocycles. The van der Waals surface area contributed by atoms with Gasteiger partial charge >= 0.3 is 0 Å². The zero-order valence-corrected chi connectivity index (χ0v) is 12.4. The van der Waals surface area contributed by atoms with Crippen LogP contribution in [0.4, 0.5) is 0 Å². The molecular weight excluding hydrogens is 258 g/mol. The summed E-state index contributed by atoms with van der Waals surface area (Å²) in [7, 11) is 0. The normalized spacial score (nSPS) is 19.9. The molecule has 0 bridgehead atoms. The van der Waals surface area contributed by atoms with Crippen LogP contribution in [0.2, 0.25) is 0 Å². The van der Waals surface area contributed by atoms with Crippen molar-refractivity contribution in [3.8, 4) is 5.88 Å². The molecule has 0 radical (unpaired) electrons. The Bertz CT molecular complexity index is 610. The number of fused-ring (bicyclic) bond motifs is 1. The van der Waals surface area contributed by atoms with Crippen LogP contribution in [0.5, 0.6) is 5.88 Å². The number of thiazole rings is 1. The minimum atomic E-state index is 0.0149. The maximum absolute atomic E-state index is 9.84. The van der Waals surface area contributed by atoms with E-state index in [4.69, 9.17) is 0 Å². The third-order valence-corrected chi connectivity index (χ3v) is 5.17. The molecule has 1 saturated carbocycles. The SMILES string of the molecule is Cc1nc(O)c2nc(C3CCC(C)(C)CC3)sc2n1. The van der Waals surface area contributed by atoms with E-state index in [1.54, 1.807) is 18.3 Å². The van der Waals surface area contributed by atoms with Gasteiger partial charge in [-0.1, -0.05) is 25.2 Å². The van der Waals surface area contributed by atoms with Crippen molar-refractivity contribution in [2.45, 2.75) is 52.4 Å². The predicted octanol–water partition coefficient (Wildman–Crippen LogP) is 3.78. The molecule has 1 aliphatic carbocycles. The molecule has 102 valence electrons. The van der Waals surface area contributed by atoms with Gasteiger partial charge in [-0.15, -0.1) is 0 Å². The minimum absolute atomic E-state index is 0.0149. The summed E-state index contributed by atoms with van der Waals surface area (Å²) in [6.07, 6.45) is 4.84. The first-order chi connectivity index (χ1) is 8.94.